The molecule has 0 unspecified atom stereocenters. The summed E-state index contributed by atoms with van der Waals surface area (Å²) in [6.07, 6.45) is 1.36. The first-order valence-electron chi connectivity index (χ1n) is 9.56. The van der Waals surface area contributed by atoms with Gasteiger partial charge in [-0.15, -0.1) is 0 Å². The first-order valence-corrected chi connectivity index (χ1v) is 9.56. The zero-order valence-corrected chi connectivity index (χ0v) is 16.3. The van der Waals surface area contributed by atoms with Crippen LogP contribution in [0.5, 0.6) is 0 Å². The molecule has 28 heavy (non-hydrogen) atoms. The third kappa shape index (κ3) is 5.63. The molecule has 1 aliphatic rings. The van der Waals surface area contributed by atoms with Gasteiger partial charge in [-0.25, -0.2) is 4.39 Å². The molecule has 0 saturated carbocycles. The van der Waals surface area contributed by atoms with Gasteiger partial charge in [0, 0.05) is 17.3 Å². The lowest BCUT2D eigenvalue weighted by molar-refractivity contribution is -0.121. The predicted octanol–water partition coefficient (Wildman–Crippen LogP) is 3.73. The SMILES string of the molecule is Cc1cc(C)cc(NC(=O)CN2CCC(C(=O)Nc3cccc(F)c3)CC2)c1. The number of hydrogen-bond donors (Lipinski definition) is 2. The highest BCUT2D eigenvalue weighted by atomic mass is 19.1. The summed E-state index contributed by atoms with van der Waals surface area (Å²) in [7, 11) is 0. The minimum atomic E-state index is -0.373. The zero-order valence-electron chi connectivity index (χ0n) is 16.3. The minimum absolute atomic E-state index is 0.0485. The maximum absolute atomic E-state index is 13.2. The largest absolute Gasteiger partial charge is 0.326 e. The van der Waals surface area contributed by atoms with Crippen LogP contribution < -0.4 is 10.6 Å². The van der Waals surface area contributed by atoms with Gasteiger partial charge in [0.05, 0.1) is 6.54 Å². The van der Waals surface area contributed by atoms with E-state index in [9.17, 15) is 14.0 Å². The summed E-state index contributed by atoms with van der Waals surface area (Å²) in [6, 6.07) is 11.9. The first-order chi connectivity index (χ1) is 13.4. The van der Waals surface area contributed by atoms with Crippen LogP contribution in [0.25, 0.3) is 0 Å². The number of hydrogen-bond acceptors (Lipinski definition) is 3. The third-order valence-corrected chi connectivity index (χ3v) is 4.92. The topological polar surface area (TPSA) is 61.4 Å². The van der Waals surface area contributed by atoms with E-state index in [1.165, 1.54) is 12.1 Å². The number of nitrogens with one attached hydrogen (secondary N) is 2. The number of anilines is 2. The van der Waals surface area contributed by atoms with Crippen LogP contribution >= 0.6 is 0 Å². The highest BCUT2D eigenvalue weighted by molar-refractivity contribution is 5.93. The number of nitrogens with zero attached hydrogens (tertiary/aromatic N) is 1. The molecule has 148 valence electrons. The van der Waals surface area contributed by atoms with Crippen LogP contribution in [0.3, 0.4) is 0 Å². The van der Waals surface area contributed by atoms with E-state index in [0.29, 0.717) is 38.2 Å². The van der Waals surface area contributed by atoms with Crippen LogP contribution in [0, 0.1) is 25.6 Å². The number of carbonyl (C=O) groups excluding carboxylic acids is 2. The quantitative estimate of drug-likeness (QED) is 0.827. The molecule has 5 nitrogen and oxygen atoms in total. The number of halogens is 1. The molecule has 2 aromatic rings. The van der Waals surface area contributed by atoms with Gasteiger partial charge in [-0.1, -0.05) is 12.1 Å². The second kappa shape index (κ2) is 8.97. The number of aryl methyl sites for hydroxylation is 2. The Hall–Kier alpha value is -2.73. The van der Waals surface area contributed by atoms with Crippen molar-refractivity contribution >= 4 is 23.2 Å². The number of amides is 2. The fourth-order valence-corrected chi connectivity index (χ4v) is 3.61. The highest BCUT2D eigenvalue weighted by Gasteiger charge is 2.26. The average Bonchev–Trinajstić information content (AvgIpc) is 2.61. The van der Waals surface area contributed by atoms with E-state index in [-0.39, 0.29) is 23.5 Å². The normalized spacial score (nSPS) is 15.2. The molecule has 2 N–H and O–H groups in total. The summed E-state index contributed by atoms with van der Waals surface area (Å²) in [4.78, 5) is 26.8. The Morgan fingerprint density at radius 1 is 1.00 bits per heavy atom. The van der Waals surface area contributed by atoms with Gasteiger partial charge in [-0.3, -0.25) is 14.5 Å². The molecule has 1 fully saturated rings. The van der Waals surface area contributed by atoms with Gasteiger partial charge in [0.2, 0.25) is 11.8 Å². The van der Waals surface area contributed by atoms with Gasteiger partial charge >= 0.3 is 0 Å². The second-order valence-electron chi connectivity index (χ2n) is 7.47. The van der Waals surface area contributed by atoms with E-state index in [2.05, 4.69) is 21.6 Å². The number of carbonyl (C=O) groups is 2. The van der Waals surface area contributed by atoms with Crippen molar-refractivity contribution in [3.8, 4) is 0 Å². The zero-order chi connectivity index (χ0) is 20.1. The van der Waals surface area contributed by atoms with Crippen molar-refractivity contribution in [1.82, 2.24) is 4.90 Å². The molecular formula is C22H26FN3O2. The molecular weight excluding hydrogens is 357 g/mol. The molecule has 0 atom stereocenters. The number of piperidine rings is 1. The smallest absolute Gasteiger partial charge is 0.238 e. The molecule has 3 rings (SSSR count). The average molecular weight is 383 g/mol. The third-order valence-electron chi connectivity index (χ3n) is 4.92. The van der Waals surface area contributed by atoms with Crippen molar-refractivity contribution in [2.75, 3.05) is 30.3 Å². The van der Waals surface area contributed by atoms with E-state index in [1.807, 2.05) is 26.0 Å². The van der Waals surface area contributed by atoms with Crippen LogP contribution in [0.4, 0.5) is 15.8 Å². The first kappa shape index (κ1) is 20.0. The molecule has 1 saturated heterocycles. The molecule has 0 spiro atoms. The summed E-state index contributed by atoms with van der Waals surface area (Å²) in [6.45, 7) is 5.68. The van der Waals surface area contributed by atoms with Crippen molar-refractivity contribution < 1.29 is 14.0 Å². The maximum atomic E-state index is 13.2. The Kier molecular flexibility index (Phi) is 6.41. The van der Waals surface area contributed by atoms with Crippen LogP contribution in [0.2, 0.25) is 0 Å². The number of rotatable bonds is 5. The Bertz CT molecular complexity index is 840. The fourth-order valence-electron chi connectivity index (χ4n) is 3.61. The Balaban J connectivity index is 1.45. The van der Waals surface area contributed by atoms with Gasteiger partial charge in [-0.2, -0.15) is 0 Å². The van der Waals surface area contributed by atoms with Crippen molar-refractivity contribution in [2.24, 2.45) is 5.92 Å². The molecule has 1 aliphatic heterocycles. The summed E-state index contributed by atoms with van der Waals surface area (Å²) in [5, 5.41) is 5.72. The van der Waals surface area contributed by atoms with Gasteiger partial charge in [-0.05, 0) is 81.2 Å². The molecule has 0 bridgehead atoms. The lowest BCUT2D eigenvalue weighted by Gasteiger charge is -2.30. The molecule has 1 heterocycles. The standard InChI is InChI=1S/C22H26FN3O2/c1-15-10-16(2)12-20(11-15)24-21(27)14-26-8-6-17(7-9-26)22(28)25-19-5-3-4-18(23)13-19/h3-5,10-13,17H,6-9,14H2,1-2H3,(H,24,27)(H,25,28). The molecule has 0 aromatic heterocycles. The molecule has 0 radical (unpaired) electrons. The predicted molar refractivity (Wildman–Crippen MR) is 109 cm³/mol. The highest BCUT2D eigenvalue weighted by Crippen LogP contribution is 2.20. The van der Waals surface area contributed by atoms with Crippen molar-refractivity contribution in [1.29, 1.82) is 0 Å². The van der Waals surface area contributed by atoms with Crippen LogP contribution in [-0.4, -0.2) is 36.3 Å². The fraction of sp³-hybridized carbons (Fsp3) is 0.364. The van der Waals surface area contributed by atoms with Crippen LogP contribution in [0.1, 0.15) is 24.0 Å². The maximum Gasteiger partial charge on any atom is 0.238 e. The monoisotopic (exact) mass is 383 g/mol. The number of benzene rings is 2. The molecule has 2 aromatic carbocycles. The Morgan fingerprint density at radius 2 is 1.68 bits per heavy atom. The van der Waals surface area contributed by atoms with Crippen molar-refractivity contribution in [2.45, 2.75) is 26.7 Å². The summed E-state index contributed by atoms with van der Waals surface area (Å²) >= 11 is 0. The Morgan fingerprint density at radius 3 is 2.32 bits per heavy atom. The minimum Gasteiger partial charge on any atom is -0.326 e. The second-order valence-corrected chi connectivity index (χ2v) is 7.47. The van der Waals surface area contributed by atoms with E-state index >= 15 is 0 Å². The van der Waals surface area contributed by atoms with E-state index in [4.69, 9.17) is 0 Å². The van der Waals surface area contributed by atoms with Gasteiger partial charge in [0.25, 0.3) is 0 Å². The van der Waals surface area contributed by atoms with Crippen molar-refractivity contribution in [3.63, 3.8) is 0 Å². The number of likely N-dealkylation sites (tertiary alicyclic amines) is 1. The van der Waals surface area contributed by atoms with E-state index < -0.39 is 0 Å². The molecule has 6 heteroatoms. The molecule has 0 aliphatic carbocycles. The van der Waals surface area contributed by atoms with Crippen molar-refractivity contribution in [3.05, 3.63) is 59.4 Å². The van der Waals surface area contributed by atoms with Gasteiger partial charge in [0.1, 0.15) is 5.82 Å². The summed E-state index contributed by atoms with van der Waals surface area (Å²) < 4.78 is 13.2. The molecule has 2 amide bonds. The van der Waals surface area contributed by atoms with E-state index in [0.717, 1.165) is 16.8 Å². The summed E-state index contributed by atoms with van der Waals surface area (Å²) in [5.41, 5.74) is 3.51. The van der Waals surface area contributed by atoms with Gasteiger partial charge in [0.15, 0.2) is 0 Å². The van der Waals surface area contributed by atoms with Crippen LogP contribution in [-0.2, 0) is 9.59 Å². The lowest BCUT2D eigenvalue weighted by atomic mass is 9.96. The lowest BCUT2D eigenvalue weighted by Crippen LogP contribution is -2.41. The Labute approximate surface area is 164 Å². The van der Waals surface area contributed by atoms with E-state index in [1.54, 1.807) is 12.1 Å². The van der Waals surface area contributed by atoms with Crippen LogP contribution in [0.15, 0.2) is 42.5 Å². The summed E-state index contributed by atoms with van der Waals surface area (Å²) in [5.74, 6) is -0.637. The van der Waals surface area contributed by atoms with Gasteiger partial charge < -0.3 is 10.6 Å².